The normalized spacial score (nSPS) is 10.3. The number of aryl methyl sites for hydroxylation is 2. The molecular formula is C24H23NO4. The molecule has 0 bridgehead atoms. The predicted molar refractivity (Wildman–Crippen MR) is 112 cm³/mol. The van der Waals surface area contributed by atoms with Gasteiger partial charge in [0.1, 0.15) is 11.5 Å². The number of anilines is 1. The molecule has 0 saturated carbocycles. The molecule has 0 saturated heterocycles. The van der Waals surface area contributed by atoms with Crippen molar-refractivity contribution in [3.05, 3.63) is 89.5 Å². The molecule has 0 radical (unpaired) electrons. The summed E-state index contributed by atoms with van der Waals surface area (Å²) in [4.78, 5) is 24.6. The molecule has 5 nitrogen and oxygen atoms in total. The third-order valence-electron chi connectivity index (χ3n) is 4.39. The number of rotatable bonds is 7. The van der Waals surface area contributed by atoms with E-state index in [0.29, 0.717) is 17.1 Å². The lowest BCUT2D eigenvalue weighted by Crippen LogP contribution is -2.22. The van der Waals surface area contributed by atoms with Gasteiger partial charge in [-0.3, -0.25) is 4.79 Å². The van der Waals surface area contributed by atoms with Crippen molar-refractivity contribution in [1.29, 1.82) is 0 Å². The van der Waals surface area contributed by atoms with Gasteiger partial charge in [-0.15, -0.1) is 0 Å². The fourth-order valence-corrected chi connectivity index (χ4v) is 2.90. The Balaban J connectivity index is 1.59. The van der Waals surface area contributed by atoms with Crippen LogP contribution in [0.2, 0.25) is 0 Å². The summed E-state index contributed by atoms with van der Waals surface area (Å²) in [7, 11) is 0. The Labute approximate surface area is 170 Å². The van der Waals surface area contributed by atoms with Crippen LogP contribution in [-0.4, -0.2) is 18.5 Å². The van der Waals surface area contributed by atoms with Crippen LogP contribution in [0.5, 0.6) is 11.5 Å². The van der Waals surface area contributed by atoms with Gasteiger partial charge < -0.3 is 14.8 Å². The van der Waals surface area contributed by atoms with Gasteiger partial charge in [0.05, 0.1) is 5.56 Å². The van der Waals surface area contributed by atoms with E-state index >= 15 is 0 Å². The van der Waals surface area contributed by atoms with Gasteiger partial charge in [-0.05, 0) is 54.8 Å². The van der Waals surface area contributed by atoms with Crippen molar-refractivity contribution in [2.24, 2.45) is 0 Å². The number of hydrogen-bond acceptors (Lipinski definition) is 4. The molecule has 1 N–H and O–H groups in total. The van der Waals surface area contributed by atoms with Gasteiger partial charge in [0, 0.05) is 5.69 Å². The van der Waals surface area contributed by atoms with Crippen molar-refractivity contribution in [3.63, 3.8) is 0 Å². The Bertz CT molecular complexity index is 999. The van der Waals surface area contributed by atoms with Crippen LogP contribution in [0.3, 0.4) is 0 Å². The maximum Gasteiger partial charge on any atom is 0.338 e. The number of ether oxygens (including phenoxy) is 2. The lowest BCUT2D eigenvalue weighted by atomic mass is 10.1. The first-order valence-corrected chi connectivity index (χ1v) is 9.45. The van der Waals surface area contributed by atoms with Crippen LogP contribution in [0, 0.1) is 6.92 Å². The highest BCUT2D eigenvalue weighted by molar-refractivity contribution is 5.96. The molecule has 0 aliphatic rings. The zero-order valence-corrected chi connectivity index (χ0v) is 16.5. The third kappa shape index (κ3) is 5.45. The minimum atomic E-state index is -0.584. The maximum atomic E-state index is 12.3. The van der Waals surface area contributed by atoms with E-state index in [0.717, 1.165) is 23.2 Å². The summed E-state index contributed by atoms with van der Waals surface area (Å²) in [5.41, 5.74) is 3.09. The molecule has 148 valence electrons. The monoisotopic (exact) mass is 389 g/mol. The van der Waals surface area contributed by atoms with Crippen LogP contribution < -0.4 is 10.1 Å². The van der Waals surface area contributed by atoms with E-state index in [1.54, 1.807) is 24.3 Å². The third-order valence-corrected chi connectivity index (χ3v) is 4.39. The smallest absolute Gasteiger partial charge is 0.338 e. The number of esters is 1. The topological polar surface area (TPSA) is 64.6 Å². The Kier molecular flexibility index (Phi) is 6.63. The summed E-state index contributed by atoms with van der Waals surface area (Å²) in [6.45, 7) is 3.59. The number of nitrogens with one attached hydrogen (secondary N) is 1. The van der Waals surface area contributed by atoms with E-state index in [1.807, 2.05) is 62.4 Å². The molecule has 3 aromatic rings. The summed E-state index contributed by atoms with van der Waals surface area (Å²) in [5.74, 6) is 0.225. The summed E-state index contributed by atoms with van der Waals surface area (Å²) < 4.78 is 10.9. The van der Waals surface area contributed by atoms with Crippen molar-refractivity contribution in [2.45, 2.75) is 20.3 Å². The highest BCUT2D eigenvalue weighted by Crippen LogP contribution is 2.23. The average molecular weight is 389 g/mol. The molecule has 29 heavy (non-hydrogen) atoms. The molecule has 0 aliphatic carbocycles. The predicted octanol–water partition coefficient (Wildman–Crippen LogP) is 5.15. The number of carbonyl (C=O) groups is 2. The van der Waals surface area contributed by atoms with Crippen molar-refractivity contribution in [1.82, 2.24) is 0 Å². The van der Waals surface area contributed by atoms with Gasteiger partial charge in [0.25, 0.3) is 5.91 Å². The summed E-state index contributed by atoms with van der Waals surface area (Å²) in [5, 5.41) is 2.84. The lowest BCUT2D eigenvalue weighted by molar-refractivity contribution is -0.119. The fourth-order valence-electron chi connectivity index (χ4n) is 2.90. The van der Waals surface area contributed by atoms with E-state index < -0.39 is 5.97 Å². The van der Waals surface area contributed by atoms with Crippen molar-refractivity contribution in [2.75, 3.05) is 11.9 Å². The van der Waals surface area contributed by atoms with Crippen molar-refractivity contribution in [3.8, 4) is 11.5 Å². The Morgan fingerprint density at radius 3 is 2.38 bits per heavy atom. The molecule has 3 rings (SSSR count). The molecule has 1 amide bonds. The highest BCUT2D eigenvalue weighted by atomic mass is 16.5. The van der Waals surface area contributed by atoms with E-state index in [1.165, 1.54) is 0 Å². The van der Waals surface area contributed by atoms with E-state index in [4.69, 9.17) is 9.47 Å². The Hall–Kier alpha value is -3.60. The first kappa shape index (κ1) is 20.1. The van der Waals surface area contributed by atoms with Gasteiger partial charge >= 0.3 is 5.97 Å². The standard InChI is InChI=1S/C24H23NO4/c1-3-18-10-7-9-17(2)23(18)25-22(26)16-28-24(27)19-11-8-14-21(15-19)29-20-12-5-4-6-13-20/h4-15H,3,16H2,1-2H3,(H,25,26). The van der Waals surface area contributed by atoms with Gasteiger partial charge in [-0.1, -0.05) is 49.4 Å². The Morgan fingerprint density at radius 1 is 0.897 bits per heavy atom. The SMILES string of the molecule is CCc1cccc(C)c1NC(=O)COC(=O)c1cccc(Oc2ccccc2)c1. The fraction of sp³-hybridized carbons (Fsp3) is 0.167. The minimum absolute atomic E-state index is 0.316. The van der Waals surface area contributed by atoms with Gasteiger partial charge in [-0.2, -0.15) is 0 Å². The van der Waals surface area contributed by atoms with Gasteiger partial charge in [0.2, 0.25) is 0 Å². The second-order valence-electron chi connectivity index (χ2n) is 6.53. The molecule has 0 atom stereocenters. The molecule has 3 aromatic carbocycles. The number of amides is 1. The maximum absolute atomic E-state index is 12.3. The second kappa shape index (κ2) is 9.55. The molecule has 0 aliphatic heterocycles. The van der Waals surface area contributed by atoms with Crippen LogP contribution in [0.1, 0.15) is 28.4 Å². The second-order valence-corrected chi connectivity index (χ2v) is 6.53. The Morgan fingerprint density at radius 2 is 1.62 bits per heavy atom. The number of carbonyl (C=O) groups excluding carboxylic acids is 2. The van der Waals surface area contributed by atoms with E-state index in [-0.39, 0.29) is 12.5 Å². The molecule has 5 heteroatoms. The summed E-state index contributed by atoms with van der Waals surface area (Å²) >= 11 is 0. The van der Waals surface area contributed by atoms with E-state index in [2.05, 4.69) is 5.32 Å². The van der Waals surface area contributed by atoms with Crippen LogP contribution in [-0.2, 0) is 16.0 Å². The summed E-state index contributed by atoms with van der Waals surface area (Å²) in [6, 6.07) is 21.8. The zero-order valence-electron chi connectivity index (χ0n) is 16.5. The molecular weight excluding hydrogens is 366 g/mol. The largest absolute Gasteiger partial charge is 0.457 e. The molecule has 0 spiro atoms. The minimum Gasteiger partial charge on any atom is -0.457 e. The van der Waals surface area contributed by atoms with Gasteiger partial charge in [0.15, 0.2) is 6.61 Å². The average Bonchev–Trinajstić information content (AvgIpc) is 2.74. The van der Waals surface area contributed by atoms with Crippen LogP contribution in [0.4, 0.5) is 5.69 Å². The number of para-hydroxylation sites is 2. The van der Waals surface area contributed by atoms with Crippen LogP contribution in [0.15, 0.2) is 72.8 Å². The molecule has 0 aromatic heterocycles. The summed E-state index contributed by atoms with van der Waals surface area (Å²) in [6.07, 6.45) is 0.797. The number of hydrogen-bond donors (Lipinski definition) is 1. The van der Waals surface area contributed by atoms with E-state index in [9.17, 15) is 9.59 Å². The van der Waals surface area contributed by atoms with Crippen LogP contribution in [0.25, 0.3) is 0 Å². The number of benzene rings is 3. The quantitative estimate of drug-likeness (QED) is 0.568. The first-order chi connectivity index (χ1) is 14.1. The zero-order chi connectivity index (χ0) is 20.6. The molecule has 0 unspecified atom stereocenters. The van der Waals surface area contributed by atoms with Crippen molar-refractivity contribution >= 4 is 17.6 Å². The molecule has 0 heterocycles. The van der Waals surface area contributed by atoms with Crippen molar-refractivity contribution < 1.29 is 19.1 Å². The highest BCUT2D eigenvalue weighted by Gasteiger charge is 2.13. The molecule has 0 fully saturated rings. The lowest BCUT2D eigenvalue weighted by Gasteiger charge is -2.13. The van der Waals surface area contributed by atoms with Crippen LogP contribution >= 0.6 is 0 Å². The van der Waals surface area contributed by atoms with Gasteiger partial charge in [-0.25, -0.2) is 4.79 Å². The first-order valence-electron chi connectivity index (χ1n) is 9.45.